The number of nitrogens with two attached hydrogens (primary N) is 1. The highest BCUT2D eigenvalue weighted by atomic mass is 16.4. The molecule has 5 nitrogen and oxygen atoms in total. The van der Waals surface area contributed by atoms with Gasteiger partial charge in [-0.05, 0) is 0 Å². The lowest BCUT2D eigenvalue weighted by molar-refractivity contribution is -0.139. The zero-order valence-electron chi connectivity index (χ0n) is 4.66. The average molecular weight is 123 g/mol. The van der Waals surface area contributed by atoms with Crippen molar-refractivity contribution in [1.29, 1.82) is 0 Å². The minimum atomic E-state index is -1.18. The number of aliphatic carboxylic acids is 1. The van der Waals surface area contributed by atoms with Crippen molar-refractivity contribution in [3.63, 3.8) is 0 Å². The number of quaternary nitrogens is 1. The van der Waals surface area contributed by atoms with Gasteiger partial charge in [0.05, 0.1) is 6.61 Å². The molecule has 0 spiro atoms. The van der Waals surface area contributed by atoms with Gasteiger partial charge in [0.2, 0.25) is 0 Å². The zero-order chi connectivity index (χ0) is 5.86. The average Bonchev–Trinajstić information content (AvgIpc) is 1.65. The Morgan fingerprint density at radius 1 is 1.75 bits per heavy atom. The Hall–Kier alpha value is -0.650. The Balaban J connectivity index is 0. The molecule has 0 bridgehead atoms. The van der Waals surface area contributed by atoms with Crippen molar-refractivity contribution in [2.24, 2.45) is 5.73 Å². The number of carboxylic acids is 1. The highest BCUT2D eigenvalue weighted by Gasteiger charge is 2.06. The van der Waals surface area contributed by atoms with Crippen LogP contribution in [0.5, 0.6) is 0 Å². The lowest BCUT2D eigenvalue weighted by atomic mass is 10.3. The van der Waals surface area contributed by atoms with Gasteiger partial charge in [0.15, 0.2) is 0 Å². The maximum absolute atomic E-state index is 9.65. The van der Waals surface area contributed by atoms with Crippen LogP contribution < -0.4 is 11.9 Å². The molecule has 0 rings (SSSR count). The predicted octanol–water partition coefficient (Wildman–Crippen LogP) is -1.23. The fourth-order valence-electron chi connectivity index (χ4n) is 0.0781. The van der Waals surface area contributed by atoms with Crippen LogP contribution in [-0.2, 0) is 4.79 Å². The molecular formula is C3H11N2O3+. The Bertz CT molecular complexity index is 74.9. The molecule has 50 valence electrons. The number of hydrogen-bond donors (Lipinski definition) is 4. The number of rotatable bonds is 2. The first-order chi connectivity index (χ1) is 3.18. The minimum absolute atomic E-state index is 0. The Morgan fingerprint density at radius 2 is 2.12 bits per heavy atom. The summed E-state index contributed by atoms with van der Waals surface area (Å²) in [5.74, 6) is -1.18. The first kappa shape index (κ1) is 10.4. The van der Waals surface area contributed by atoms with Gasteiger partial charge in [-0.3, -0.25) is 4.79 Å². The van der Waals surface area contributed by atoms with E-state index in [-0.39, 0.29) is 6.15 Å². The van der Waals surface area contributed by atoms with Gasteiger partial charge < -0.3 is 22.1 Å². The van der Waals surface area contributed by atoms with E-state index in [0.29, 0.717) is 0 Å². The number of aliphatic hydroxyl groups excluding tert-OH is 1. The van der Waals surface area contributed by atoms with E-state index in [2.05, 4.69) is 0 Å². The molecule has 0 aromatic carbocycles. The topological polar surface area (TPSA) is 120 Å². The number of hydrogen-bond acceptors (Lipinski definition) is 3. The summed E-state index contributed by atoms with van der Waals surface area (Å²) in [7, 11) is 0. The quantitative estimate of drug-likeness (QED) is 0.367. The smallest absolute Gasteiger partial charge is 0.322 e. The Labute approximate surface area is 46.7 Å². The van der Waals surface area contributed by atoms with Crippen LogP contribution in [0.15, 0.2) is 0 Å². The van der Waals surface area contributed by atoms with Crippen molar-refractivity contribution in [2.75, 3.05) is 6.61 Å². The summed E-state index contributed by atoms with van der Waals surface area (Å²) in [6, 6.07) is -1.13. The third-order valence-corrected chi connectivity index (χ3v) is 0.514. The second kappa shape index (κ2) is 4.51. The van der Waals surface area contributed by atoms with E-state index in [4.69, 9.17) is 15.9 Å². The highest BCUT2D eigenvalue weighted by molar-refractivity contribution is 5.73. The second-order valence-electron chi connectivity index (χ2n) is 1.13. The summed E-state index contributed by atoms with van der Waals surface area (Å²) >= 11 is 0. The molecule has 0 aromatic rings. The maximum Gasteiger partial charge on any atom is 0.322 e. The maximum atomic E-state index is 9.65. The molecule has 0 unspecified atom stereocenters. The van der Waals surface area contributed by atoms with Crippen molar-refractivity contribution in [1.82, 2.24) is 6.15 Å². The summed E-state index contributed by atoms with van der Waals surface area (Å²) in [5.41, 5.74) is 4.77. The Morgan fingerprint density at radius 3 is 2.12 bits per heavy atom. The van der Waals surface area contributed by atoms with Crippen molar-refractivity contribution in [2.45, 2.75) is 6.04 Å². The molecule has 0 amide bonds. The van der Waals surface area contributed by atoms with Crippen LogP contribution in [0, 0.1) is 0 Å². The van der Waals surface area contributed by atoms with E-state index < -0.39 is 18.6 Å². The fraction of sp³-hybridized carbons (Fsp3) is 0.667. The van der Waals surface area contributed by atoms with Crippen molar-refractivity contribution in [3.8, 4) is 0 Å². The van der Waals surface area contributed by atoms with E-state index in [1.165, 1.54) is 0 Å². The summed E-state index contributed by atoms with van der Waals surface area (Å²) in [4.78, 5) is 9.65. The van der Waals surface area contributed by atoms with Crippen molar-refractivity contribution < 1.29 is 15.0 Å². The first-order valence-corrected chi connectivity index (χ1v) is 1.77. The van der Waals surface area contributed by atoms with E-state index >= 15 is 0 Å². The molecule has 0 aliphatic heterocycles. The van der Waals surface area contributed by atoms with Crippen LogP contribution in [0.3, 0.4) is 0 Å². The minimum Gasteiger partial charge on any atom is -0.480 e. The number of carboxylic acid groups (broad SMARTS) is 1. The molecule has 8 heavy (non-hydrogen) atoms. The fourth-order valence-corrected chi connectivity index (χ4v) is 0.0781. The summed E-state index contributed by atoms with van der Waals surface area (Å²) in [6.07, 6.45) is 0. The van der Waals surface area contributed by atoms with Gasteiger partial charge in [-0.1, -0.05) is 0 Å². The third-order valence-electron chi connectivity index (χ3n) is 0.514. The molecule has 0 aliphatic rings. The normalized spacial score (nSPS) is 11.8. The first-order valence-electron chi connectivity index (χ1n) is 1.77. The highest BCUT2D eigenvalue weighted by Crippen LogP contribution is 1.71. The molecule has 0 radical (unpaired) electrons. The molecule has 5 heteroatoms. The molecule has 0 aromatic heterocycles. The second-order valence-corrected chi connectivity index (χ2v) is 1.13. The van der Waals surface area contributed by atoms with Gasteiger partial charge >= 0.3 is 5.97 Å². The predicted molar refractivity (Wildman–Crippen MR) is 28.7 cm³/mol. The van der Waals surface area contributed by atoms with Gasteiger partial charge in [0.25, 0.3) is 0 Å². The van der Waals surface area contributed by atoms with Gasteiger partial charge in [0, 0.05) is 0 Å². The number of carbonyl (C=O) groups is 1. The summed E-state index contributed by atoms with van der Waals surface area (Å²) in [5, 5.41) is 15.9. The van der Waals surface area contributed by atoms with Crippen LogP contribution in [0.4, 0.5) is 0 Å². The zero-order valence-corrected chi connectivity index (χ0v) is 4.66. The molecule has 0 aliphatic carbocycles. The Kier molecular flexibility index (Phi) is 5.83. The third kappa shape index (κ3) is 3.54. The van der Waals surface area contributed by atoms with Gasteiger partial charge in [-0.15, -0.1) is 0 Å². The monoisotopic (exact) mass is 123 g/mol. The van der Waals surface area contributed by atoms with E-state index in [0.717, 1.165) is 0 Å². The molecule has 1 atom stereocenters. The lowest BCUT2D eigenvalue weighted by Gasteiger charge is -1.96. The van der Waals surface area contributed by atoms with Crippen LogP contribution in [0.25, 0.3) is 0 Å². The summed E-state index contributed by atoms with van der Waals surface area (Å²) < 4.78 is 0. The summed E-state index contributed by atoms with van der Waals surface area (Å²) in [6.45, 7) is -0.505. The van der Waals surface area contributed by atoms with Crippen LogP contribution >= 0.6 is 0 Å². The molecule has 0 saturated heterocycles. The number of aliphatic hydroxyl groups is 1. The standard InChI is InChI=1S/C3H7NO3.H3N/c4-2(1-5)3(6)7;/h2,5H,1,4H2,(H,6,7);1H3/p+1/t2-;/m0./s1. The van der Waals surface area contributed by atoms with Gasteiger partial charge in [0.1, 0.15) is 6.04 Å². The van der Waals surface area contributed by atoms with Crippen LogP contribution in [-0.4, -0.2) is 28.8 Å². The molecule has 8 N–H and O–H groups in total. The molecule has 0 heterocycles. The van der Waals surface area contributed by atoms with Gasteiger partial charge in [-0.2, -0.15) is 0 Å². The lowest BCUT2D eigenvalue weighted by Crippen LogP contribution is -2.33. The van der Waals surface area contributed by atoms with Crippen molar-refractivity contribution >= 4 is 5.97 Å². The van der Waals surface area contributed by atoms with E-state index in [1.54, 1.807) is 0 Å². The largest absolute Gasteiger partial charge is 0.480 e. The van der Waals surface area contributed by atoms with Crippen LogP contribution in [0.2, 0.25) is 0 Å². The van der Waals surface area contributed by atoms with Crippen molar-refractivity contribution in [3.05, 3.63) is 0 Å². The molecule has 0 fully saturated rings. The molecule has 0 saturated carbocycles. The molecular weight excluding hydrogens is 112 g/mol. The van der Waals surface area contributed by atoms with E-state index in [1.807, 2.05) is 0 Å². The SMILES string of the molecule is N[C@@H](CO)C(=O)O.[NH4+]. The van der Waals surface area contributed by atoms with E-state index in [9.17, 15) is 4.79 Å². The van der Waals surface area contributed by atoms with Gasteiger partial charge in [-0.25, -0.2) is 0 Å². The van der Waals surface area contributed by atoms with Crippen LogP contribution in [0.1, 0.15) is 0 Å².